The van der Waals surface area contributed by atoms with Crippen molar-refractivity contribution in [2.75, 3.05) is 0 Å². The van der Waals surface area contributed by atoms with Gasteiger partial charge in [0.25, 0.3) is 0 Å². The number of aromatic nitrogens is 4. The first-order valence-electron chi connectivity index (χ1n) is 5.45. The van der Waals surface area contributed by atoms with Crippen molar-refractivity contribution in [3.63, 3.8) is 0 Å². The molecular formula is C12H16N4. The molecule has 0 saturated heterocycles. The molecule has 0 amide bonds. The minimum absolute atomic E-state index is 0.361. The molecule has 0 atom stereocenters. The largest absolute Gasteiger partial charge is 0.262 e. The zero-order valence-electron chi connectivity index (χ0n) is 10.1. The van der Waals surface area contributed by atoms with E-state index in [1.165, 1.54) is 0 Å². The molecule has 2 heterocycles. The summed E-state index contributed by atoms with van der Waals surface area (Å²) in [4.78, 5) is 8.87. The standard InChI is InChI=1S/C12H16N4/c1-7(2)11-14-12(16-15-11)10-6-5-8(3)13-9(10)4/h5-7H,1-4H3,(H,14,15,16). The van der Waals surface area contributed by atoms with Crippen LogP contribution in [0.4, 0.5) is 0 Å². The van der Waals surface area contributed by atoms with Gasteiger partial charge >= 0.3 is 0 Å². The number of nitrogens with one attached hydrogen (secondary N) is 1. The predicted molar refractivity (Wildman–Crippen MR) is 63.2 cm³/mol. The van der Waals surface area contributed by atoms with Gasteiger partial charge in [-0.05, 0) is 26.0 Å². The molecule has 16 heavy (non-hydrogen) atoms. The van der Waals surface area contributed by atoms with Crippen LogP contribution in [-0.4, -0.2) is 20.2 Å². The summed E-state index contributed by atoms with van der Waals surface area (Å²) in [5.74, 6) is 2.00. The second kappa shape index (κ2) is 4.04. The van der Waals surface area contributed by atoms with E-state index in [1.54, 1.807) is 0 Å². The first-order chi connectivity index (χ1) is 7.58. The van der Waals surface area contributed by atoms with Crippen molar-refractivity contribution in [1.29, 1.82) is 0 Å². The van der Waals surface area contributed by atoms with E-state index in [0.29, 0.717) is 5.92 Å². The Balaban J connectivity index is 2.42. The molecule has 0 bridgehead atoms. The van der Waals surface area contributed by atoms with E-state index < -0.39 is 0 Å². The summed E-state index contributed by atoms with van der Waals surface area (Å²) >= 11 is 0. The third-order valence-electron chi connectivity index (χ3n) is 2.52. The topological polar surface area (TPSA) is 54.5 Å². The van der Waals surface area contributed by atoms with Crippen LogP contribution in [0.3, 0.4) is 0 Å². The van der Waals surface area contributed by atoms with Gasteiger partial charge in [0.15, 0.2) is 5.82 Å². The molecule has 84 valence electrons. The molecule has 0 unspecified atom stereocenters. The number of pyridine rings is 1. The SMILES string of the molecule is Cc1ccc(-c2n[nH]c(C(C)C)n2)c(C)n1. The van der Waals surface area contributed by atoms with Gasteiger partial charge in [-0.1, -0.05) is 13.8 Å². The molecule has 4 nitrogen and oxygen atoms in total. The quantitative estimate of drug-likeness (QED) is 0.839. The molecule has 1 N–H and O–H groups in total. The Labute approximate surface area is 95.1 Å². The van der Waals surface area contributed by atoms with Crippen molar-refractivity contribution >= 4 is 0 Å². The Kier molecular flexibility index (Phi) is 2.73. The molecule has 0 saturated carbocycles. The number of H-pyrrole nitrogens is 1. The average Bonchev–Trinajstić information content (AvgIpc) is 2.66. The second-order valence-electron chi connectivity index (χ2n) is 4.28. The lowest BCUT2D eigenvalue weighted by molar-refractivity contribution is 0.781. The van der Waals surface area contributed by atoms with E-state index in [4.69, 9.17) is 0 Å². The molecule has 4 heteroatoms. The molecule has 0 aliphatic rings. The van der Waals surface area contributed by atoms with Crippen LogP contribution in [0.25, 0.3) is 11.4 Å². The molecular weight excluding hydrogens is 200 g/mol. The van der Waals surface area contributed by atoms with Crippen LogP contribution in [0.15, 0.2) is 12.1 Å². The lowest BCUT2D eigenvalue weighted by atomic mass is 10.1. The number of hydrogen-bond donors (Lipinski definition) is 1. The number of nitrogens with zero attached hydrogens (tertiary/aromatic N) is 3. The third-order valence-corrected chi connectivity index (χ3v) is 2.52. The van der Waals surface area contributed by atoms with E-state index in [9.17, 15) is 0 Å². The molecule has 2 aromatic rings. The lowest BCUT2D eigenvalue weighted by Gasteiger charge is -2.01. The Hall–Kier alpha value is -1.71. The fourth-order valence-electron chi connectivity index (χ4n) is 1.58. The van der Waals surface area contributed by atoms with Crippen LogP contribution < -0.4 is 0 Å². The van der Waals surface area contributed by atoms with E-state index in [1.807, 2.05) is 26.0 Å². The normalized spacial score (nSPS) is 11.1. The average molecular weight is 216 g/mol. The van der Waals surface area contributed by atoms with Crippen molar-refractivity contribution in [2.24, 2.45) is 0 Å². The summed E-state index contributed by atoms with van der Waals surface area (Å²) in [7, 11) is 0. The van der Waals surface area contributed by atoms with Gasteiger partial charge in [-0.3, -0.25) is 10.1 Å². The summed E-state index contributed by atoms with van der Waals surface area (Å²) in [6.45, 7) is 8.14. The smallest absolute Gasteiger partial charge is 0.182 e. The summed E-state index contributed by atoms with van der Waals surface area (Å²) in [6.07, 6.45) is 0. The maximum Gasteiger partial charge on any atom is 0.182 e. The van der Waals surface area contributed by atoms with Crippen LogP contribution in [0.1, 0.15) is 37.0 Å². The van der Waals surface area contributed by atoms with Crippen molar-refractivity contribution < 1.29 is 0 Å². The molecule has 2 rings (SSSR count). The Morgan fingerprint density at radius 1 is 1.12 bits per heavy atom. The number of aromatic amines is 1. The van der Waals surface area contributed by atoms with Crippen LogP contribution in [-0.2, 0) is 0 Å². The highest BCUT2D eigenvalue weighted by atomic mass is 15.2. The summed E-state index contributed by atoms with van der Waals surface area (Å²) in [6, 6.07) is 4.00. The van der Waals surface area contributed by atoms with E-state index in [-0.39, 0.29) is 0 Å². The molecule has 0 aliphatic carbocycles. The highest BCUT2D eigenvalue weighted by molar-refractivity contribution is 5.57. The van der Waals surface area contributed by atoms with Gasteiger partial charge in [-0.2, -0.15) is 5.10 Å². The number of aryl methyl sites for hydroxylation is 2. The fourth-order valence-corrected chi connectivity index (χ4v) is 1.58. The minimum atomic E-state index is 0.361. The first-order valence-corrected chi connectivity index (χ1v) is 5.45. The number of hydrogen-bond acceptors (Lipinski definition) is 3. The third kappa shape index (κ3) is 1.96. The summed E-state index contributed by atoms with van der Waals surface area (Å²) in [5, 5.41) is 7.18. The van der Waals surface area contributed by atoms with Crippen molar-refractivity contribution in [1.82, 2.24) is 20.2 Å². The van der Waals surface area contributed by atoms with Gasteiger partial charge in [0, 0.05) is 22.9 Å². The van der Waals surface area contributed by atoms with Gasteiger partial charge in [0.05, 0.1) is 0 Å². The highest BCUT2D eigenvalue weighted by Crippen LogP contribution is 2.20. The van der Waals surface area contributed by atoms with Crippen LogP contribution in [0.5, 0.6) is 0 Å². The summed E-state index contributed by atoms with van der Waals surface area (Å²) in [5.41, 5.74) is 2.98. The summed E-state index contributed by atoms with van der Waals surface area (Å²) < 4.78 is 0. The van der Waals surface area contributed by atoms with Crippen LogP contribution in [0, 0.1) is 13.8 Å². The van der Waals surface area contributed by atoms with Gasteiger partial charge in [-0.15, -0.1) is 0 Å². The molecule has 2 aromatic heterocycles. The maximum absolute atomic E-state index is 4.46. The van der Waals surface area contributed by atoms with Crippen LogP contribution in [0.2, 0.25) is 0 Å². The lowest BCUT2D eigenvalue weighted by Crippen LogP contribution is -1.92. The van der Waals surface area contributed by atoms with Gasteiger partial charge in [-0.25, -0.2) is 4.98 Å². The molecule has 0 radical (unpaired) electrons. The van der Waals surface area contributed by atoms with E-state index in [0.717, 1.165) is 28.6 Å². The molecule has 0 spiro atoms. The van der Waals surface area contributed by atoms with Crippen LogP contribution >= 0.6 is 0 Å². The highest BCUT2D eigenvalue weighted by Gasteiger charge is 2.11. The molecule has 0 aromatic carbocycles. The predicted octanol–water partition coefficient (Wildman–Crippen LogP) is 2.61. The zero-order chi connectivity index (χ0) is 11.7. The molecule has 0 fully saturated rings. The Morgan fingerprint density at radius 3 is 2.44 bits per heavy atom. The Morgan fingerprint density at radius 2 is 1.88 bits per heavy atom. The van der Waals surface area contributed by atoms with Gasteiger partial charge < -0.3 is 0 Å². The minimum Gasteiger partial charge on any atom is -0.262 e. The Bertz CT molecular complexity index is 499. The first kappa shape index (κ1) is 10.8. The van der Waals surface area contributed by atoms with E-state index in [2.05, 4.69) is 34.0 Å². The van der Waals surface area contributed by atoms with E-state index >= 15 is 0 Å². The fraction of sp³-hybridized carbons (Fsp3) is 0.417. The van der Waals surface area contributed by atoms with Crippen molar-refractivity contribution in [2.45, 2.75) is 33.6 Å². The van der Waals surface area contributed by atoms with Gasteiger partial charge in [0.2, 0.25) is 0 Å². The van der Waals surface area contributed by atoms with Gasteiger partial charge in [0.1, 0.15) is 5.82 Å². The second-order valence-corrected chi connectivity index (χ2v) is 4.28. The monoisotopic (exact) mass is 216 g/mol. The maximum atomic E-state index is 4.46. The molecule has 0 aliphatic heterocycles. The van der Waals surface area contributed by atoms with Crippen molar-refractivity contribution in [3.05, 3.63) is 29.3 Å². The zero-order valence-corrected chi connectivity index (χ0v) is 10.1. The van der Waals surface area contributed by atoms with Crippen molar-refractivity contribution in [3.8, 4) is 11.4 Å². The number of rotatable bonds is 2.